The predicted molar refractivity (Wildman–Crippen MR) is 87.1 cm³/mol. The summed E-state index contributed by atoms with van der Waals surface area (Å²) < 4.78 is 0. The van der Waals surface area contributed by atoms with Crippen molar-refractivity contribution in [3.63, 3.8) is 0 Å². The number of likely N-dealkylation sites (tertiary alicyclic amines) is 1. The lowest BCUT2D eigenvalue weighted by Crippen LogP contribution is -2.35. The smallest absolute Gasteiger partial charge is 0.0296 e. The maximum absolute atomic E-state index is 3.85. The fourth-order valence-electron chi connectivity index (χ4n) is 3.32. The van der Waals surface area contributed by atoms with Crippen molar-refractivity contribution in [3.8, 4) is 0 Å². The Hall–Kier alpha value is -0.860. The zero-order valence-electron chi connectivity index (χ0n) is 13.5. The minimum atomic E-state index is 0.451. The first-order valence-electron chi connectivity index (χ1n) is 8.13. The lowest BCUT2D eigenvalue weighted by molar-refractivity contribution is 0.228. The average Bonchev–Trinajstić information content (AvgIpc) is 2.65. The second-order valence-electron chi connectivity index (χ2n) is 6.50. The number of nitrogens with zero attached hydrogens (tertiary/aromatic N) is 1. The first kappa shape index (κ1) is 15.5. The van der Waals surface area contributed by atoms with Gasteiger partial charge in [0.2, 0.25) is 0 Å². The van der Waals surface area contributed by atoms with Gasteiger partial charge in [-0.1, -0.05) is 24.3 Å². The van der Waals surface area contributed by atoms with Gasteiger partial charge >= 0.3 is 0 Å². The molecule has 1 aromatic rings. The van der Waals surface area contributed by atoms with Crippen molar-refractivity contribution in [2.45, 2.75) is 65.1 Å². The molecule has 0 bridgehead atoms. The maximum atomic E-state index is 3.85. The molecule has 20 heavy (non-hydrogen) atoms. The van der Waals surface area contributed by atoms with Gasteiger partial charge in [0.25, 0.3) is 0 Å². The van der Waals surface area contributed by atoms with Crippen molar-refractivity contribution in [2.75, 3.05) is 13.1 Å². The third kappa shape index (κ3) is 4.07. The summed E-state index contributed by atoms with van der Waals surface area (Å²) >= 11 is 0. The normalized spacial score (nSPS) is 22.8. The van der Waals surface area contributed by atoms with Crippen LogP contribution in [0.25, 0.3) is 0 Å². The topological polar surface area (TPSA) is 15.3 Å². The van der Waals surface area contributed by atoms with Crippen LogP contribution in [-0.4, -0.2) is 30.1 Å². The van der Waals surface area contributed by atoms with Crippen molar-refractivity contribution in [3.05, 3.63) is 35.4 Å². The van der Waals surface area contributed by atoms with E-state index in [0.717, 1.165) is 0 Å². The lowest BCUT2D eigenvalue weighted by Gasteiger charge is -2.25. The van der Waals surface area contributed by atoms with Gasteiger partial charge in [-0.05, 0) is 71.2 Å². The summed E-state index contributed by atoms with van der Waals surface area (Å²) in [6.45, 7) is 11.6. The fourth-order valence-corrected chi connectivity index (χ4v) is 3.32. The summed E-state index contributed by atoms with van der Waals surface area (Å²) in [7, 11) is 0. The molecule has 2 nitrogen and oxygen atoms in total. The first-order chi connectivity index (χ1) is 9.58. The van der Waals surface area contributed by atoms with Crippen LogP contribution in [0.2, 0.25) is 0 Å². The molecular weight excluding hydrogens is 244 g/mol. The van der Waals surface area contributed by atoms with Gasteiger partial charge < -0.3 is 10.2 Å². The molecule has 1 aliphatic rings. The summed E-state index contributed by atoms with van der Waals surface area (Å²) in [6.07, 6.45) is 3.89. The number of rotatable bonds is 4. The van der Waals surface area contributed by atoms with Gasteiger partial charge in [0.05, 0.1) is 0 Å². The molecule has 1 unspecified atom stereocenters. The number of hydrogen-bond acceptors (Lipinski definition) is 2. The zero-order valence-corrected chi connectivity index (χ0v) is 13.5. The highest BCUT2D eigenvalue weighted by Crippen LogP contribution is 2.20. The molecule has 2 heteroatoms. The van der Waals surface area contributed by atoms with E-state index in [1.54, 1.807) is 0 Å². The Labute approximate surface area is 124 Å². The standard InChI is InChI=1S/C18H30N2/c1-14(2)20-12-7-9-17(11-13-20)19-16(4)18-10-6-5-8-15(18)3/h5-6,8,10,14,16-17,19H,7,9,11-13H2,1-4H3/t16-,17?/m0/s1. The molecule has 0 aliphatic carbocycles. The lowest BCUT2D eigenvalue weighted by atomic mass is 10.0. The molecule has 0 amide bonds. The van der Waals surface area contributed by atoms with E-state index < -0.39 is 0 Å². The number of benzene rings is 1. The Bertz CT molecular complexity index is 414. The molecule has 0 radical (unpaired) electrons. The molecular formula is C18H30N2. The number of nitrogens with one attached hydrogen (secondary N) is 1. The molecule has 112 valence electrons. The van der Waals surface area contributed by atoms with Crippen LogP contribution in [0.15, 0.2) is 24.3 Å². The summed E-state index contributed by atoms with van der Waals surface area (Å²) in [5, 5.41) is 3.85. The van der Waals surface area contributed by atoms with E-state index in [4.69, 9.17) is 0 Å². The van der Waals surface area contributed by atoms with Crippen LogP contribution in [0.3, 0.4) is 0 Å². The van der Waals surface area contributed by atoms with Gasteiger partial charge in [0.1, 0.15) is 0 Å². The molecule has 1 N–H and O–H groups in total. The minimum Gasteiger partial charge on any atom is -0.307 e. The van der Waals surface area contributed by atoms with E-state index in [1.165, 1.54) is 43.5 Å². The quantitative estimate of drug-likeness (QED) is 0.895. The fraction of sp³-hybridized carbons (Fsp3) is 0.667. The van der Waals surface area contributed by atoms with Crippen LogP contribution in [0.4, 0.5) is 0 Å². The molecule has 2 rings (SSSR count). The Morgan fingerprint density at radius 2 is 1.85 bits per heavy atom. The monoisotopic (exact) mass is 274 g/mol. The van der Waals surface area contributed by atoms with Gasteiger partial charge in [-0.25, -0.2) is 0 Å². The van der Waals surface area contributed by atoms with Crippen LogP contribution < -0.4 is 5.32 Å². The van der Waals surface area contributed by atoms with Crippen molar-refractivity contribution < 1.29 is 0 Å². The van der Waals surface area contributed by atoms with Crippen molar-refractivity contribution >= 4 is 0 Å². The molecule has 1 heterocycles. The van der Waals surface area contributed by atoms with Crippen LogP contribution in [-0.2, 0) is 0 Å². The van der Waals surface area contributed by atoms with E-state index in [-0.39, 0.29) is 0 Å². The van der Waals surface area contributed by atoms with Crippen LogP contribution in [0, 0.1) is 6.92 Å². The molecule has 1 aliphatic heterocycles. The zero-order chi connectivity index (χ0) is 14.5. The predicted octanol–water partition coefficient (Wildman–Crippen LogP) is 3.91. The summed E-state index contributed by atoms with van der Waals surface area (Å²) in [5.41, 5.74) is 2.84. The highest BCUT2D eigenvalue weighted by molar-refractivity contribution is 5.28. The number of hydrogen-bond donors (Lipinski definition) is 1. The summed E-state index contributed by atoms with van der Waals surface area (Å²) in [4.78, 5) is 2.61. The minimum absolute atomic E-state index is 0.451. The largest absolute Gasteiger partial charge is 0.307 e. The third-order valence-electron chi connectivity index (χ3n) is 4.63. The van der Waals surface area contributed by atoms with Gasteiger partial charge in [-0.15, -0.1) is 0 Å². The Morgan fingerprint density at radius 3 is 2.55 bits per heavy atom. The van der Waals surface area contributed by atoms with Gasteiger partial charge in [0, 0.05) is 18.1 Å². The highest BCUT2D eigenvalue weighted by Gasteiger charge is 2.20. The van der Waals surface area contributed by atoms with Gasteiger partial charge in [-0.2, -0.15) is 0 Å². The average molecular weight is 274 g/mol. The molecule has 0 spiro atoms. The van der Waals surface area contributed by atoms with E-state index in [2.05, 4.69) is 62.2 Å². The van der Waals surface area contributed by atoms with Crippen molar-refractivity contribution in [1.82, 2.24) is 10.2 Å². The van der Waals surface area contributed by atoms with Crippen molar-refractivity contribution in [1.29, 1.82) is 0 Å². The molecule has 1 fully saturated rings. The van der Waals surface area contributed by atoms with E-state index in [1.807, 2.05) is 0 Å². The second-order valence-corrected chi connectivity index (χ2v) is 6.50. The molecule has 0 aromatic heterocycles. The second kappa shape index (κ2) is 7.24. The van der Waals surface area contributed by atoms with E-state index >= 15 is 0 Å². The maximum Gasteiger partial charge on any atom is 0.0296 e. The van der Waals surface area contributed by atoms with Crippen LogP contribution in [0.5, 0.6) is 0 Å². The van der Waals surface area contributed by atoms with Crippen molar-refractivity contribution in [2.24, 2.45) is 0 Å². The summed E-state index contributed by atoms with van der Waals surface area (Å²) in [6, 6.07) is 10.5. The molecule has 0 saturated carbocycles. The summed E-state index contributed by atoms with van der Waals surface area (Å²) in [5.74, 6) is 0. The molecule has 1 aromatic carbocycles. The first-order valence-corrected chi connectivity index (χ1v) is 8.13. The molecule has 2 atom stereocenters. The van der Waals surface area contributed by atoms with Crippen LogP contribution >= 0.6 is 0 Å². The Kier molecular flexibility index (Phi) is 5.62. The van der Waals surface area contributed by atoms with Gasteiger partial charge in [0.15, 0.2) is 0 Å². The van der Waals surface area contributed by atoms with E-state index in [9.17, 15) is 0 Å². The molecule has 1 saturated heterocycles. The third-order valence-corrected chi connectivity index (χ3v) is 4.63. The SMILES string of the molecule is Cc1ccccc1[C@H](C)NC1CCCN(C(C)C)CC1. The van der Waals surface area contributed by atoms with Crippen LogP contribution in [0.1, 0.15) is 57.2 Å². The number of aryl methyl sites for hydroxylation is 1. The highest BCUT2D eigenvalue weighted by atomic mass is 15.1. The Morgan fingerprint density at radius 1 is 1.10 bits per heavy atom. The Balaban J connectivity index is 1.92. The van der Waals surface area contributed by atoms with E-state index in [0.29, 0.717) is 18.1 Å². The van der Waals surface area contributed by atoms with Gasteiger partial charge in [-0.3, -0.25) is 0 Å².